The van der Waals surface area contributed by atoms with Gasteiger partial charge in [0.2, 0.25) is 5.91 Å². The Labute approximate surface area is 124 Å². The van der Waals surface area contributed by atoms with Crippen LogP contribution in [0.2, 0.25) is 0 Å². The van der Waals surface area contributed by atoms with Gasteiger partial charge in [0.05, 0.1) is 5.69 Å². The Bertz CT molecular complexity index is 589. The lowest BCUT2D eigenvalue weighted by Gasteiger charge is -2.17. The molecule has 2 aromatic rings. The van der Waals surface area contributed by atoms with Gasteiger partial charge in [0.25, 0.3) is 0 Å². The van der Waals surface area contributed by atoms with Crippen molar-refractivity contribution < 1.29 is 4.79 Å². The number of carbonyl (C=O) groups excluding carboxylic acids is 1. The minimum atomic E-state index is 0.107. The van der Waals surface area contributed by atoms with Gasteiger partial charge in [0.15, 0.2) is 0 Å². The van der Waals surface area contributed by atoms with Crippen molar-refractivity contribution in [3.05, 3.63) is 36.3 Å². The molecule has 2 aromatic heterocycles. The summed E-state index contributed by atoms with van der Waals surface area (Å²) in [6.07, 6.45) is 7.93. The van der Waals surface area contributed by atoms with Crippen molar-refractivity contribution in [2.45, 2.75) is 25.7 Å². The summed E-state index contributed by atoms with van der Waals surface area (Å²) >= 11 is 0. The van der Waals surface area contributed by atoms with E-state index in [2.05, 4.69) is 10.3 Å². The molecule has 0 radical (unpaired) electrons. The molecular weight excluding hydrogens is 264 g/mol. The number of hydrogen-bond acceptors (Lipinski definition) is 3. The largest absolute Gasteiger partial charge is 0.355 e. The lowest BCUT2D eigenvalue weighted by molar-refractivity contribution is -0.125. The summed E-state index contributed by atoms with van der Waals surface area (Å²) in [6.45, 7) is 1.25. The summed E-state index contributed by atoms with van der Waals surface area (Å²) in [5.41, 5.74) is 7.68. The first-order chi connectivity index (χ1) is 10.3. The van der Waals surface area contributed by atoms with Crippen molar-refractivity contribution in [2.24, 2.45) is 17.6 Å². The van der Waals surface area contributed by atoms with Gasteiger partial charge < -0.3 is 15.5 Å². The molecule has 0 aromatic carbocycles. The Morgan fingerprint density at radius 1 is 1.43 bits per heavy atom. The molecule has 2 atom stereocenters. The molecule has 1 saturated carbocycles. The van der Waals surface area contributed by atoms with E-state index in [0.29, 0.717) is 19.0 Å². The zero-order valence-electron chi connectivity index (χ0n) is 12.2. The fourth-order valence-corrected chi connectivity index (χ4v) is 3.22. The third kappa shape index (κ3) is 3.08. The van der Waals surface area contributed by atoms with Crippen LogP contribution in [0.1, 0.15) is 25.0 Å². The predicted molar refractivity (Wildman–Crippen MR) is 81.8 cm³/mol. The third-order valence-electron chi connectivity index (χ3n) is 4.39. The maximum atomic E-state index is 12.2. The molecule has 0 aliphatic heterocycles. The maximum absolute atomic E-state index is 12.2. The van der Waals surface area contributed by atoms with Crippen LogP contribution in [0.5, 0.6) is 0 Å². The average molecular weight is 286 g/mol. The number of rotatable bonds is 5. The Morgan fingerprint density at radius 2 is 2.33 bits per heavy atom. The fourth-order valence-electron chi connectivity index (χ4n) is 3.22. The second-order valence-corrected chi connectivity index (χ2v) is 5.77. The minimum Gasteiger partial charge on any atom is -0.355 e. The number of hydrogen-bond donors (Lipinski definition) is 2. The van der Waals surface area contributed by atoms with E-state index in [0.717, 1.165) is 37.0 Å². The number of carbonyl (C=O) groups is 1. The first kappa shape index (κ1) is 14.1. The van der Waals surface area contributed by atoms with Gasteiger partial charge in [-0.1, -0.05) is 12.5 Å². The van der Waals surface area contributed by atoms with E-state index in [1.807, 2.05) is 35.0 Å². The fraction of sp³-hybridized carbons (Fsp3) is 0.500. The van der Waals surface area contributed by atoms with Crippen molar-refractivity contribution in [3.8, 4) is 0 Å². The highest BCUT2D eigenvalue weighted by atomic mass is 16.1. The van der Waals surface area contributed by atoms with E-state index in [4.69, 9.17) is 5.73 Å². The molecule has 5 heteroatoms. The van der Waals surface area contributed by atoms with Crippen LogP contribution in [0.15, 0.2) is 30.6 Å². The van der Waals surface area contributed by atoms with Crippen LogP contribution in [0, 0.1) is 11.8 Å². The molecule has 1 amide bonds. The van der Waals surface area contributed by atoms with Crippen molar-refractivity contribution in [1.82, 2.24) is 14.7 Å². The normalized spacial score (nSPS) is 21.8. The highest BCUT2D eigenvalue weighted by Gasteiger charge is 2.31. The highest BCUT2D eigenvalue weighted by Crippen LogP contribution is 2.30. The summed E-state index contributed by atoms with van der Waals surface area (Å²) in [6, 6.07) is 5.93. The van der Waals surface area contributed by atoms with Gasteiger partial charge in [0, 0.05) is 31.3 Å². The molecule has 1 aliphatic carbocycles. The molecule has 2 heterocycles. The van der Waals surface area contributed by atoms with Crippen LogP contribution in [-0.4, -0.2) is 28.4 Å². The van der Waals surface area contributed by atoms with Gasteiger partial charge in [-0.2, -0.15) is 0 Å². The maximum Gasteiger partial charge on any atom is 0.223 e. The van der Waals surface area contributed by atoms with Gasteiger partial charge in [-0.3, -0.25) is 4.79 Å². The molecule has 0 bridgehead atoms. The van der Waals surface area contributed by atoms with Crippen molar-refractivity contribution in [3.63, 3.8) is 0 Å². The summed E-state index contributed by atoms with van der Waals surface area (Å²) in [5.74, 6) is 0.628. The number of nitrogens with one attached hydrogen (secondary N) is 1. The molecular formula is C16H22N4O. The van der Waals surface area contributed by atoms with E-state index in [9.17, 15) is 4.79 Å². The van der Waals surface area contributed by atoms with E-state index >= 15 is 0 Å². The van der Waals surface area contributed by atoms with Crippen LogP contribution in [0.4, 0.5) is 0 Å². The molecule has 0 saturated heterocycles. The lowest BCUT2D eigenvalue weighted by atomic mass is 9.95. The molecule has 112 valence electrons. The lowest BCUT2D eigenvalue weighted by Crippen LogP contribution is -2.36. The Balaban J connectivity index is 1.52. The summed E-state index contributed by atoms with van der Waals surface area (Å²) < 4.78 is 2.00. The van der Waals surface area contributed by atoms with Crippen molar-refractivity contribution >= 4 is 11.6 Å². The van der Waals surface area contributed by atoms with Crippen molar-refractivity contribution in [2.75, 3.05) is 13.1 Å². The standard InChI is InChI=1S/C16H22N4O/c17-10-12-4-3-5-14(12)16(21)18-8-7-13-11-20-9-2-1-6-15(20)19-13/h1-2,6,9,11-12,14H,3-5,7-8,10,17H2,(H,18,21)/t12-,14-/m1/s1. The number of imidazole rings is 1. The molecule has 21 heavy (non-hydrogen) atoms. The number of nitrogens with zero attached hydrogens (tertiary/aromatic N) is 2. The van der Waals surface area contributed by atoms with Gasteiger partial charge in [-0.05, 0) is 37.4 Å². The summed E-state index contributed by atoms with van der Waals surface area (Å²) in [4.78, 5) is 16.7. The first-order valence-corrected chi connectivity index (χ1v) is 7.68. The molecule has 0 spiro atoms. The molecule has 1 fully saturated rings. The zero-order valence-corrected chi connectivity index (χ0v) is 12.2. The number of aromatic nitrogens is 2. The van der Waals surface area contributed by atoms with Gasteiger partial charge >= 0.3 is 0 Å². The number of fused-ring (bicyclic) bond motifs is 1. The SMILES string of the molecule is NC[C@H]1CCC[C@H]1C(=O)NCCc1cn2ccccc2n1. The Morgan fingerprint density at radius 3 is 3.14 bits per heavy atom. The first-order valence-electron chi connectivity index (χ1n) is 7.68. The molecule has 3 N–H and O–H groups in total. The van der Waals surface area contributed by atoms with Gasteiger partial charge in [0.1, 0.15) is 5.65 Å². The Hall–Kier alpha value is -1.88. The Kier molecular flexibility index (Phi) is 4.20. The summed E-state index contributed by atoms with van der Waals surface area (Å²) in [7, 11) is 0. The number of pyridine rings is 1. The van der Waals surface area contributed by atoms with Crippen LogP contribution in [-0.2, 0) is 11.2 Å². The van der Waals surface area contributed by atoms with Crippen LogP contribution < -0.4 is 11.1 Å². The zero-order chi connectivity index (χ0) is 14.7. The van der Waals surface area contributed by atoms with Crippen LogP contribution >= 0.6 is 0 Å². The molecule has 0 unspecified atom stereocenters. The number of amides is 1. The van der Waals surface area contributed by atoms with E-state index in [1.54, 1.807) is 0 Å². The topological polar surface area (TPSA) is 72.4 Å². The van der Waals surface area contributed by atoms with Gasteiger partial charge in [-0.15, -0.1) is 0 Å². The van der Waals surface area contributed by atoms with Crippen molar-refractivity contribution in [1.29, 1.82) is 0 Å². The van der Waals surface area contributed by atoms with E-state index in [-0.39, 0.29) is 11.8 Å². The van der Waals surface area contributed by atoms with Crippen LogP contribution in [0.3, 0.4) is 0 Å². The number of nitrogens with two attached hydrogens (primary N) is 1. The quantitative estimate of drug-likeness (QED) is 0.872. The molecule has 3 rings (SSSR count). The summed E-state index contributed by atoms with van der Waals surface area (Å²) in [5, 5.41) is 3.04. The van der Waals surface area contributed by atoms with E-state index < -0.39 is 0 Å². The molecule has 5 nitrogen and oxygen atoms in total. The average Bonchev–Trinajstić information content (AvgIpc) is 3.12. The van der Waals surface area contributed by atoms with Crippen LogP contribution in [0.25, 0.3) is 5.65 Å². The smallest absolute Gasteiger partial charge is 0.223 e. The highest BCUT2D eigenvalue weighted by molar-refractivity contribution is 5.79. The second kappa shape index (κ2) is 6.26. The minimum absolute atomic E-state index is 0.107. The monoisotopic (exact) mass is 286 g/mol. The van der Waals surface area contributed by atoms with E-state index in [1.165, 1.54) is 0 Å². The molecule has 1 aliphatic rings. The predicted octanol–water partition coefficient (Wildman–Crippen LogP) is 1.37. The van der Waals surface area contributed by atoms with Gasteiger partial charge in [-0.25, -0.2) is 4.98 Å². The third-order valence-corrected chi connectivity index (χ3v) is 4.39. The second-order valence-electron chi connectivity index (χ2n) is 5.77.